The van der Waals surface area contributed by atoms with E-state index in [1.807, 2.05) is 6.07 Å². The molecule has 1 amide bonds. The molecule has 0 aliphatic rings. The molecule has 0 aliphatic carbocycles. The first-order valence-corrected chi connectivity index (χ1v) is 12.5. The van der Waals surface area contributed by atoms with Crippen molar-refractivity contribution in [3.05, 3.63) is 86.5 Å². The Morgan fingerprint density at radius 2 is 1.82 bits per heavy atom. The van der Waals surface area contributed by atoms with Gasteiger partial charge in [0, 0.05) is 25.7 Å². The Hall–Kier alpha value is -3.61. The minimum absolute atomic E-state index is 0.0688. The molecule has 0 fully saturated rings. The highest BCUT2D eigenvalue weighted by Crippen LogP contribution is 2.18. The Morgan fingerprint density at radius 3 is 2.50 bits per heavy atom. The van der Waals surface area contributed by atoms with E-state index >= 15 is 0 Å². The zero-order valence-corrected chi connectivity index (χ0v) is 19.9. The van der Waals surface area contributed by atoms with Gasteiger partial charge in [0.05, 0.1) is 15.8 Å². The van der Waals surface area contributed by atoms with Crippen molar-refractivity contribution in [2.75, 3.05) is 5.32 Å². The van der Waals surface area contributed by atoms with Crippen molar-refractivity contribution in [2.24, 2.45) is 14.1 Å². The lowest BCUT2D eigenvalue weighted by Gasteiger charge is -2.18. The lowest BCUT2D eigenvalue weighted by atomic mass is 10.1. The smallest absolute Gasteiger partial charge is 0.301 e. The molecule has 10 nitrogen and oxygen atoms in total. The van der Waals surface area contributed by atoms with Crippen LogP contribution in [0.3, 0.4) is 0 Å². The molecule has 0 spiro atoms. The van der Waals surface area contributed by atoms with E-state index in [4.69, 9.17) is 0 Å². The van der Waals surface area contributed by atoms with E-state index < -0.39 is 33.2 Å². The van der Waals surface area contributed by atoms with Crippen molar-refractivity contribution in [1.82, 2.24) is 18.8 Å². The minimum atomic E-state index is -4.21. The summed E-state index contributed by atoms with van der Waals surface area (Å²) in [6.45, 7) is 0. The maximum Gasteiger partial charge on any atom is 0.330 e. The van der Waals surface area contributed by atoms with Crippen LogP contribution in [-0.4, -0.2) is 34.5 Å². The maximum absolute atomic E-state index is 13.2. The van der Waals surface area contributed by atoms with Gasteiger partial charge in [-0.15, -0.1) is 11.3 Å². The predicted molar refractivity (Wildman–Crippen MR) is 129 cm³/mol. The molecule has 0 radical (unpaired) electrons. The van der Waals surface area contributed by atoms with Gasteiger partial charge in [-0.05, 0) is 30.2 Å². The quantitative estimate of drug-likeness (QED) is 0.393. The molecule has 4 aromatic rings. The maximum atomic E-state index is 13.2. The van der Waals surface area contributed by atoms with Gasteiger partial charge < -0.3 is 5.32 Å². The van der Waals surface area contributed by atoms with Gasteiger partial charge in [-0.3, -0.25) is 18.7 Å². The number of nitrogens with one attached hydrogen (secondary N) is 2. The van der Waals surface area contributed by atoms with Crippen molar-refractivity contribution in [3.8, 4) is 0 Å². The number of fused-ring (bicyclic) bond motifs is 1. The number of rotatable bonds is 7. The van der Waals surface area contributed by atoms with Gasteiger partial charge in [-0.1, -0.05) is 30.3 Å². The van der Waals surface area contributed by atoms with Crippen LogP contribution in [0.4, 0.5) is 5.13 Å². The van der Waals surface area contributed by atoms with Crippen molar-refractivity contribution in [2.45, 2.75) is 17.4 Å². The fourth-order valence-corrected chi connectivity index (χ4v) is 5.27. The van der Waals surface area contributed by atoms with Crippen molar-refractivity contribution < 1.29 is 13.2 Å². The topological polar surface area (TPSA) is 132 Å². The summed E-state index contributed by atoms with van der Waals surface area (Å²) in [5.41, 5.74) is -0.0771. The Balaban J connectivity index is 1.71. The highest BCUT2D eigenvalue weighted by Gasteiger charge is 2.27. The molecule has 12 heteroatoms. The van der Waals surface area contributed by atoms with Gasteiger partial charge in [0.25, 0.3) is 5.56 Å². The lowest BCUT2D eigenvalue weighted by molar-refractivity contribution is -0.117. The monoisotopic (exact) mass is 499 g/mol. The summed E-state index contributed by atoms with van der Waals surface area (Å²) < 4.78 is 31.1. The molecule has 0 bridgehead atoms. The van der Waals surface area contributed by atoms with Crippen molar-refractivity contribution in [1.29, 1.82) is 0 Å². The number of benzene rings is 2. The summed E-state index contributed by atoms with van der Waals surface area (Å²) in [5.74, 6) is -0.568. The number of carbonyl (C=O) groups is 1. The van der Waals surface area contributed by atoms with E-state index in [0.29, 0.717) is 10.6 Å². The third-order valence-corrected chi connectivity index (χ3v) is 7.47. The number of carbonyl (C=O) groups excluding carboxylic acids is 1. The van der Waals surface area contributed by atoms with Crippen LogP contribution in [0.2, 0.25) is 0 Å². The molecular weight excluding hydrogens is 478 g/mol. The summed E-state index contributed by atoms with van der Waals surface area (Å²) in [6, 6.07) is 11.7. The molecule has 0 saturated heterocycles. The van der Waals surface area contributed by atoms with E-state index in [2.05, 4.69) is 15.0 Å². The van der Waals surface area contributed by atoms with Crippen LogP contribution in [0, 0.1) is 0 Å². The second-order valence-corrected chi connectivity index (χ2v) is 10.2. The number of anilines is 1. The van der Waals surface area contributed by atoms with Crippen LogP contribution >= 0.6 is 11.3 Å². The second-order valence-electron chi connectivity index (χ2n) is 7.57. The number of aryl methyl sites for hydroxylation is 1. The molecule has 1 atom stereocenters. The zero-order chi connectivity index (χ0) is 24.5. The standard InChI is InChI=1S/C22H21N5O5S2/c1-26-18-9-8-15(13-16(18)20(29)27(2)22(26)30)34(31,32)25-17(12-14-6-4-3-5-7-14)19(28)24-21-23-10-11-33-21/h3-11,13,17,25H,12H2,1-2H3,(H,23,24,28)/t17-/m1/s1. The molecule has 0 saturated carbocycles. The molecule has 4 rings (SSSR count). The average molecular weight is 500 g/mol. The highest BCUT2D eigenvalue weighted by atomic mass is 32.2. The number of thiazole rings is 1. The van der Waals surface area contributed by atoms with Gasteiger partial charge in [0.1, 0.15) is 6.04 Å². The molecule has 2 heterocycles. The van der Waals surface area contributed by atoms with Crippen LogP contribution in [0.1, 0.15) is 5.56 Å². The van der Waals surface area contributed by atoms with Gasteiger partial charge >= 0.3 is 5.69 Å². The molecule has 2 aromatic carbocycles. The number of sulfonamides is 1. The number of aromatic nitrogens is 3. The molecule has 0 unspecified atom stereocenters. The number of amides is 1. The first-order valence-electron chi connectivity index (χ1n) is 10.1. The van der Waals surface area contributed by atoms with Crippen molar-refractivity contribution >= 4 is 43.3 Å². The summed E-state index contributed by atoms with van der Waals surface area (Å²) in [7, 11) is -1.39. The highest BCUT2D eigenvalue weighted by molar-refractivity contribution is 7.89. The van der Waals surface area contributed by atoms with E-state index in [9.17, 15) is 22.8 Å². The Morgan fingerprint density at radius 1 is 1.09 bits per heavy atom. The van der Waals surface area contributed by atoms with E-state index in [0.717, 1.165) is 10.1 Å². The third-order valence-electron chi connectivity index (χ3n) is 5.31. The second kappa shape index (κ2) is 9.33. The van der Waals surface area contributed by atoms with Crippen molar-refractivity contribution in [3.63, 3.8) is 0 Å². The predicted octanol–water partition coefficient (Wildman–Crippen LogP) is 1.22. The third kappa shape index (κ3) is 4.69. The summed E-state index contributed by atoms with van der Waals surface area (Å²) in [5, 5.41) is 4.73. The van der Waals surface area contributed by atoms with E-state index in [-0.39, 0.29) is 16.7 Å². The van der Waals surface area contributed by atoms with E-state index in [1.54, 1.807) is 29.6 Å². The first-order chi connectivity index (χ1) is 16.2. The summed E-state index contributed by atoms with van der Waals surface area (Å²) in [6.07, 6.45) is 1.63. The van der Waals surface area contributed by atoms with E-state index in [1.165, 1.54) is 54.4 Å². The molecule has 2 N–H and O–H groups in total. The van der Waals surface area contributed by atoms with Gasteiger partial charge in [-0.25, -0.2) is 18.2 Å². The van der Waals surface area contributed by atoms with Gasteiger partial charge in [0.15, 0.2) is 5.13 Å². The fourth-order valence-electron chi connectivity index (χ4n) is 3.51. The molecular formula is C22H21N5O5S2. The van der Waals surface area contributed by atoms with Gasteiger partial charge in [0.2, 0.25) is 15.9 Å². The Labute approximate surface area is 198 Å². The summed E-state index contributed by atoms with van der Waals surface area (Å²) in [4.78, 5) is 41.5. The Kier molecular flexibility index (Phi) is 6.46. The average Bonchev–Trinajstić information content (AvgIpc) is 3.34. The Bertz CT molecular complexity index is 1580. The summed E-state index contributed by atoms with van der Waals surface area (Å²) >= 11 is 1.21. The molecule has 176 valence electrons. The molecule has 34 heavy (non-hydrogen) atoms. The SMILES string of the molecule is Cn1c(=O)c2cc(S(=O)(=O)N[C@H](Cc3ccccc3)C(=O)Nc3nccs3)ccc2n(C)c1=O. The normalized spacial score (nSPS) is 12.5. The molecule has 2 aromatic heterocycles. The van der Waals surface area contributed by atoms with Crippen LogP contribution in [-0.2, 0) is 35.3 Å². The zero-order valence-electron chi connectivity index (χ0n) is 18.3. The number of hydrogen-bond donors (Lipinski definition) is 2. The van der Waals surface area contributed by atoms with Crippen LogP contribution in [0.15, 0.2) is 74.6 Å². The van der Waals surface area contributed by atoms with Crippen LogP contribution in [0.5, 0.6) is 0 Å². The lowest BCUT2D eigenvalue weighted by Crippen LogP contribution is -2.45. The fraction of sp³-hybridized carbons (Fsp3) is 0.182. The van der Waals surface area contributed by atoms with Crippen LogP contribution in [0.25, 0.3) is 10.9 Å². The van der Waals surface area contributed by atoms with Crippen LogP contribution < -0.4 is 21.3 Å². The number of hydrogen-bond acceptors (Lipinski definition) is 7. The van der Waals surface area contributed by atoms with Gasteiger partial charge in [-0.2, -0.15) is 4.72 Å². The first kappa shape index (κ1) is 23.5. The minimum Gasteiger partial charge on any atom is -0.301 e. The number of nitrogens with zero attached hydrogens (tertiary/aromatic N) is 3. The largest absolute Gasteiger partial charge is 0.330 e. The molecule has 0 aliphatic heterocycles.